The van der Waals surface area contributed by atoms with E-state index in [1.54, 1.807) is 0 Å². The minimum atomic E-state index is -0.175. The van der Waals surface area contributed by atoms with Crippen molar-refractivity contribution in [1.29, 1.82) is 0 Å². The van der Waals surface area contributed by atoms with Crippen LogP contribution in [0.15, 0.2) is 0 Å². The molecule has 0 aliphatic heterocycles. The molecule has 0 aromatic carbocycles. The van der Waals surface area contributed by atoms with Crippen molar-refractivity contribution >= 4 is 0 Å². The molecule has 1 N–H and O–H groups in total. The molecule has 0 bridgehead atoms. The molecule has 1 rings (SSSR count). The van der Waals surface area contributed by atoms with Crippen molar-refractivity contribution in [1.82, 2.24) is 4.90 Å². The first kappa shape index (κ1) is 13.0. The Bertz CT molecular complexity index is 181. The van der Waals surface area contributed by atoms with Gasteiger partial charge in [-0.1, -0.05) is 27.7 Å². The first-order chi connectivity index (χ1) is 6.93. The van der Waals surface area contributed by atoms with Crippen LogP contribution in [0.5, 0.6) is 0 Å². The molecule has 0 aromatic heterocycles. The number of nitrogens with zero attached hydrogens (tertiary/aromatic N) is 1. The van der Waals surface area contributed by atoms with Gasteiger partial charge in [-0.25, -0.2) is 0 Å². The Morgan fingerprint density at radius 3 is 2.33 bits per heavy atom. The van der Waals surface area contributed by atoms with E-state index >= 15 is 0 Å². The second-order valence-electron chi connectivity index (χ2n) is 6.01. The third kappa shape index (κ3) is 4.98. The molecule has 0 amide bonds. The van der Waals surface area contributed by atoms with Crippen molar-refractivity contribution in [3.8, 4) is 0 Å². The number of aliphatic hydroxyl groups excluding tert-OH is 1. The van der Waals surface area contributed by atoms with Gasteiger partial charge in [0, 0.05) is 13.1 Å². The van der Waals surface area contributed by atoms with E-state index in [1.807, 2.05) is 0 Å². The van der Waals surface area contributed by atoms with Gasteiger partial charge in [0.1, 0.15) is 0 Å². The van der Waals surface area contributed by atoms with Gasteiger partial charge in [0.05, 0.1) is 6.10 Å². The summed E-state index contributed by atoms with van der Waals surface area (Å²) in [6.45, 7) is 11.9. The normalized spacial score (nSPS) is 19.6. The smallest absolute Gasteiger partial charge is 0.0600 e. The zero-order valence-electron chi connectivity index (χ0n) is 10.8. The minimum absolute atomic E-state index is 0.0268. The van der Waals surface area contributed by atoms with Gasteiger partial charge in [0.15, 0.2) is 0 Å². The first-order valence-electron chi connectivity index (χ1n) is 6.34. The summed E-state index contributed by atoms with van der Waals surface area (Å²) < 4.78 is 0. The molecule has 1 aliphatic rings. The van der Waals surface area contributed by atoms with Crippen LogP contribution in [0, 0.1) is 11.3 Å². The van der Waals surface area contributed by atoms with Gasteiger partial charge < -0.3 is 10.0 Å². The first-order valence-corrected chi connectivity index (χ1v) is 6.34. The molecule has 1 unspecified atom stereocenters. The third-order valence-corrected chi connectivity index (χ3v) is 3.38. The fourth-order valence-corrected chi connectivity index (χ4v) is 1.78. The monoisotopic (exact) mass is 213 g/mol. The topological polar surface area (TPSA) is 23.5 Å². The van der Waals surface area contributed by atoms with Crippen LogP contribution >= 0.6 is 0 Å². The predicted octanol–water partition coefficient (Wildman–Crippen LogP) is 2.52. The molecule has 1 saturated carbocycles. The Morgan fingerprint density at radius 1 is 1.33 bits per heavy atom. The summed E-state index contributed by atoms with van der Waals surface area (Å²) in [7, 11) is 0. The summed E-state index contributed by atoms with van der Waals surface area (Å²) in [5, 5.41) is 9.95. The third-order valence-electron chi connectivity index (χ3n) is 3.38. The van der Waals surface area contributed by atoms with Gasteiger partial charge in [0.25, 0.3) is 0 Å². The Balaban J connectivity index is 2.20. The maximum absolute atomic E-state index is 9.95. The van der Waals surface area contributed by atoms with Crippen LogP contribution in [-0.4, -0.2) is 35.7 Å². The number of hydrogen-bond donors (Lipinski definition) is 1. The molecule has 1 aliphatic carbocycles. The standard InChI is InChI=1S/C13H27NO/c1-5-14(10-11-6-7-11)9-8-12(15)13(2,3)4/h11-12,15H,5-10H2,1-4H3. The van der Waals surface area contributed by atoms with Crippen molar-refractivity contribution in [3.63, 3.8) is 0 Å². The van der Waals surface area contributed by atoms with Crippen molar-refractivity contribution in [3.05, 3.63) is 0 Å². The summed E-state index contributed by atoms with van der Waals surface area (Å²) in [6, 6.07) is 0. The van der Waals surface area contributed by atoms with E-state index in [9.17, 15) is 5.11 Å². The Labute approximate surface area is 94.7 Å². The lowest BCUT2D eigenvalue weighted by Gasteiger charge is -2.28. The molecule has 0 saturated heterocycles. The fraction of sp³-hybridized carbons (Fsp3) is 1.00. The second kappa shape index (κ2) is 5.31. The summed E-state index contributed by atoms with van der Waals surface area (Å²) in [4.78, 5) is 2.48. The summed E-state index contributed by atoms with van der Waals surface area (Å²) >= 11 is 0. The van der Waals surface area contributed by atoms with Gasteiger partial charge in [0.2, 0.25) is 0 Å². The van der Waals surface area contributed by atoms with Gasteiger partial charge >= 0.3 is 0 Å². The molecule has 0 heterocycles. The SMILES string of the molecule is CCN(CCC(O)C(C)(C)C)CC1CC1. The summed E-state index contributed by atoms with van der Waals surface area (Å²) in [5.41, 5.74) is 0.0268. The molecule has 1 atom stereocenters. The molecule has 0 radical (unpaired) electrons. The molecule has 0 aromatic rings. The van der Waals surface area contributed by atoms with Crippen LogP contribution < -0.4 is 0 Å². The van der Waals surface area contributed by atoms with Crippen molar-refractivity contribution in [2.75, 3.05) is 19.6 Å². The molecule has 0 spiro atoms. The average Bonchev–Trinajstić information content (AvgIpc) is 2.93. The van der Waals surface area contributed by atoms with E-state index in [1.165, 1.54) is 19.4 Å². The Morgan fingerprint density at radius 2 is 1.93 bits per heavy atom. The molecular weight excluding hydrogens is 186 g/mol. The quantitative estimate of drug-likeness (QED) is 0.733. The van der Waals surface area contributed by atoms with E-state index in [0.717, 1.165) is 25.4 Å². The van der Waals surface area contributed by atoms with Crippen LogP contribution in [0.4, 0.5) is 0 Å². The zero-order chi connectivity index (χ0) is 11.5. The van der Waals surface area contributed by atoms with E-state index in [0.29, 0.717) is 0 Å². The molecule has 90 valence electrons. The van der Waals surface area contributed by atoms with Crippen molar-refractivity contribution in [2.24, 2.45) is 11.3 Å². The highest BCUT2D eigenvalue weighted by Gasteiger charge is 2.25. The van der Waals surface area contributed by atoms with E-state index in [4.69, 9.17) is 0 Å². The van der Waals surface area contributed by atoms with E-state index in [2.05, 4.69) is 32.6 Å². The lowest BCUT2D eigenvalue weighted by atomic mass is 9.87. The average molecular weight is 213 g/mol. The maximum atomic E-state index is 9.95. The highest BCUT2D eigenvalue weighted by Crippen LogP contribution is 2.30. The molecule has 1 fully saturated rings. The Kier molecular flexibility index (Phi) is 4.60. The lowest BCUT2D eigenvalue weighted by Crippen LogP contribution is -2.33. The van der Waals surface area contributed by atoms with Crippen molar-refractivity contribution < 1.29 is 5.11 Å². The predicted molar refractivity (Wildman–Crippen MR) is 64.9 cm³/mol. The van der Waals surface area contributed by atoms with Crippen LogP contribution in [0.1, 0.15) is 47.0 Å². The Hall–Kier alpha value is -0.0800. The van der Waals surface area contributed by atoms with E-state index < -0.39 is 0 Å². The molecule has 15 heavy (non-hydrogen) atoms. The van der Waals surface area contributed by atoms with E-state index in [-0.39, 0.29) is 11.5 Å². The maximum Gasteiger partial charge on any atom is 0.0600 e. The van der Waals surface area contributed by atoms with Crippen LogP contribution in [0.2, 0.25) is 0 Å². The minimum Gasteiger partial charge on any atom is -0.393 e. The van der Waals surface area contributed by atoms with Crippen LogP contribution in [0.25, 0.3) is 0 Å². The van der Waals surface area contributed by atoms with Gasteiger partial charge in [-0.05, 0) is 37.1 Å². The highest BCUT2D eigenvalue weighted by atomic mass is 16.3. The molecular formula is C13H27NO. The van der Waals surface area contributed by atoms with Gasteiger partial charge in [-0.3, -0.25) is 0 Å². The largest absolute Gasteiger partial charge is 0.393 e. The number of aliphatic hydroxyl groups is 1. The van der Waals surface area contributed by atoms with Crippen LogP contribution in [-0.2, 0) is 0 Å². The number of rotatable bonds is 6. The molecule has 2 heteroatoms. The highest BCUT2D eigenvalue weighted by molar-refractivity contribution is 4.79. The van der Waals surface area contributed by atoms with Gasteiger partial charge in [-0.2, -0.15) is 0 Å². The lowest BCUT2D eigenvalue weighted by molar-refractivity contribution is 0.0456. The van der Waals surface area contributed by atoms with Gasteiger partial charge in [-0.15, -0.1) is 0 Å². The fourth-order valence-electron chi connectivity index (χ4n) is 1.78. The summed E-state index contributed by atoms with van der Waals surface area (Å²) in [6.07, 6.45) is 3.56. The number of hydrogen-bond acceptors (Lipinski definition) is 2. The van der Waals surface area contributed by atoms with Crippen LogP contribution in [0.3, 0.4) is 0 Å². The second-order valence-corrected chi connectivity index (χ2v) is 6.01. The molecule has 2 nitrogen and oxygen atoms in total. The zero-order valence-corrected chi connectivity index (χ0v) is 10.8. The van der Waals surface area contributed by atoms with Crippen molar-refractivity contribution in [2.45, 2.75) is 53.1 Å². The summed E-state index contributed by atoms with van der Waals surface area (Å²) in [5.74, 6) is 0.955.